The van der Waals surface area contributed by atoms with Gasteiger partial charge in [-0.25, -0.2) is 18.7 Å². The molecule has 33 heavy (non-hydrogen) atoms. The van der Waals surface area contributed by atoms with Crippen molar-refractivity contribution in [3.63, 3.8) is 0 Å². The number of aliphatic hydroxyl groups is 2. The van der Waals surface area contributed by atoms with E-state index in [0.29, 0.717) is 0 Å². The van der Waals surface area contributed by atoms with Crippen molar-refractivity contribution >= 4 is 46.4 Å². The van der Waals surface area contributed by atoms with Crippen LogP contribution in [0.15, 0.2) is 6.33 Å². The van der Waals surface area contributed by atoms with E-state index >= 15 is 0 Å². The fourth-order valence-corrected chi connectivity index (χ4v) is 7.64. The van der Waals surface area contributed by atoms with Gasteiger partial charge in [0.05, 0.1) is 12.4 Å². The number of hydrogen-bond acceptors (Lipinski definition) is 13. The highest BCUT2D eigenvalue weighted by Crippen LogP contribution is 2.71. The molecule has 3 unspecified atom stereocenters. The number of nitrogens with two attached hydrogens (primary N) is 2. The van der Waals surface area contributed by atoms with Gasteiger partial charge in [-0.05, 0) is 5.92 Å². The molecule has 2 heterocycles. The molecule has 2 aromatic rings. The van der Waals surface area contributed by atoms with E-state index in [4.69, 9.17) is 25.8 Å². The van der Waals surface area contributed by atoms with Crippen LogP contribution >= 0.6 is 23.5 Å². The van der Waals surface area contributed by atoms with Crippen LogP contribution in [-0.2, 0) is 26.8 Å². The largest absolute Gasteiger partial charge is 0.490 e. The molecular formula is C12H19N6O12P3. The number of phosphoric ester groups is 1. The molecule has 2 aliphatic carbocycles. The lowest BCUT2D eigenvalue weighted by atomic mass is 9.97. The van der Waals surface area contributed by atoms with E-state index in [9.17, 15) is 33.7 Å². The molecule has 2 fully saturated rings. The summed E-state index contributed by atoms with van der Waals surface area (Å²) in [5.74, 6) is -1.77. The minimum absolute atomic E-state index is 0.00852. The first-order valence-electron chi connectivity index (χ1n) is 8.95. The summed E-state index contributed by atoms with van der Waals surface area (Å²) >= 11 is 0. The Morgan fingerprint density at radius 3 is 2.27 bits per heavy atom. The van der Waals surface area contributed by atoms with Gasteiger partial charge in [-0.15, -0.1) is 0 Å². The summed E-state index contributed by atoms with van der Waals surface area (Å²) in [6, 6.07) is -0.862. The SMILES string of the molecule is C[C@@H]1[C@@H](n2cnc3c(N)nc(N)nc32)[C@H](O)[C@@]2(O)C(OP(=O)(O)OP(=O)(O)OP(=O)(O)O)[C@@H]12. The smallest absolute Gasteiger partial charge is 0.388 e. The first kappa shape index (κ1) is 24.6. The third kappa shape index (κ3) is 4.23. The summed E-state index contributed by atoms with van der Waals surface area (Å²) in [4.78, 5) is 48.0. The average Bonchev–Trinajstić information content (AvgIpc) is 2.87. The number of anilines is 2. The highest BCUT2D eigenvalue weighted by molar-refractivity contribution is 7.66. The van der Waals surface area contributed by atoms with E-state index in [2.05, 4.69) is 23.6 Å². The number of hydrogen-bond donors (Lipinski definition) is 8. The van der Waals surface area contributed by atoms with Crippen LogP contribution in [0.5, 0.6) is 0 Å². The fraction of sp³-hybridized carbons (Fsp3) is 0.583. The second-order valence-corrected chi connectivity index (χ2v) is 12.0. The number of aromatic nitrogens is 4. The minimum atomic E-state index is -5.73. The number of nitrogens with zero attached hydrogens (tertiary/aromatic N) is 4. The summed E-state index contributed by atoms with van der Waals surface area (Å²) in [6.45, 7) is 1.58. The maximum Gasteiger partial charge on any atom is 0.490 e. The van der Waals surface area contributed by atoms with Crippen molar-refractivity contribution in [3.05, 3.63) is 6.33 Å². The van der Waals surface area contributed by atoms with Gasteiger partial charge in [0, 0.05) is 5.92 Å². The van der Waals surface area contributed by atoms with Crippen LogP contribution in [0.25, 0.3) is 11.2 Å². The molecule has 4 rings (SSSR count). The fourth-order valence-electron chi connectivity index (χ4n) is 4.40. The molecule has 0 saturated heterocycles. The van der Waals surface area contributed by atoms with Crippen LogP contribution in [0.3, 0.4) is 0 Å². The predicted molar refractivity (Wildman–Crippen MR) is 106 cm³/mol. The Labute approximate surface area is 183 Å². The normalized spacial score (nSPS) is 35.2. The summed E-state index contributed by atoms with van der Waals surface area (Å²) < 4.78 is 47.8. The Bertz CT molecular complexity index is 1270. The molecule has 0 aromatic carbocycles. The van der Waals surface area contributed by atoms with Crippen molar-refractivity contribution in [1.29, 1.82) is 0 Å². The molecule has 10 N–H and O–H groups in total. The Balaban J connectivity index is 1.55. The Morgan fingerprint density at radius 2 is 1.73 bits per heavy atom. The molecule has 8 atom stereocenters. The molecule has 21 heteroatoms. The number of nitrogen functional groups attached to an aromatic ring is 2. The van der Waals surface area contributed by atoms with Gasteiger partial charge in [0.25, 0.3) is 0 Å². The Morgan fingerprint density at radius 1 is 1.09 bits per heavy atom. The highest BCUT2D eigenvalue weighted by atomic mass is 31.3. The molecule has 0 radical (unpaired) electrons. The topological polar surface area (TPSA) is 296 Å². The maximum absolute atomic E-state index is 12.1. The van der Waals surface area contributed by atoms with Crippen LogP contribution in [0, 0.1) is 11.8 Å². The molecule has 2 aromatic heterocycles. The van der Waals surface area contributed by atoms with Crippen molar-refractivity contribution in [3.8, 4) is 0 Å². The van der Waals surface area contributed by atoms with Crippen molar-refractivity contribution in [2.75, 3.05) is 11.5 Å². The van der Waals surface area contributed by atoms with Crippen molar-refractivity contribution in [1.82, 2.24) is 19.5 Å². The van der Waals surface area contributed by atoms with Gasteiger partial charge in [0.15, 0.2) is 11.5 Å². The maximum atomic E-state index is 12.1. The van der Waals surface area contributed by atoms with Gasteiger partial charge in [-0.3, -0.25) is 4.52 Å². The summed E-state index contributed by atoms with van der Waals surface area (Å²) in [5, 5.41) is 21.7. The van der Waals surface area contributed by atoms with Crippen LogP contribution in [0.1, 0.15) is 13.0 Å². The van der Waals surface area contributed by atoms with Crippen LogP contribution in [0.4, 0.5) is 11.8 Å². The third-order valence-corrected chi connectivity index (χ3v) is 9.38. The standard InChI is InChI=1S/C12H19N6O12P3/c1-3-4-8(28-32(24,25)30-33(26,27)29-31(21,22)23)12(4,20)7(19)6(3)18-2-15-5-9(13)16-11(14)17-10(5)18/h2-4,6-8,19-20H,1H3,(H,24,25)(H,26,27)(H2,21,22,23)(H4,13,14,16,17)/t3-,4+,6+,7-,8?,12+/m0/s1. The molecule has 0 spiro atoms. The zero-order valence-corrected chi connectivity index (χ0v) is 19.1. The van der Waals surface area contributed by atoms with Gasteiger partial charge in [0.2, 0.25) is 5.95 Å². The monoisotopic (exact) mass is 532 g/mol. The molecule has 2 aliphatic rings. The quantitative estimate of drug-likeness (QED) is 0.190. The zero-order chi connectivity index (χ0) is 24.7. The van der Waals surface area contributed by atoms with E-state index in [1.807, 2.05) is 0 Å². The van der Waals surface area contributed by atoms with E-state index in [0.717, 1.165) is 0 Å². The summed E-state index contributed by atoms with van der Waals surface area (Å²) in [5.41, 5.74) is 9.66. The molecule has 0 aliphatic heterocycles. The summed E-state index contributed by atoms with van der Waals surface area (Å²) in [6.07, 6.45) is -1.85. The van der Waals surface area contributed by atoms with Gasteiger partial charge in [-0.2, -0.15) is 18.6 Å². The van der Waals surface area contributed by atoms with Crippen molar-refractivity contribution in [2.45, 2.75) is 30.8 Å². The number of rotatable bonds is 7. The van der Waals surface area contributed by atoms with Gasteiger partial charge in [-0.1, -0.05) is 6.92 Å². The first-order chi connectivity index (χ1) is 15.0. The lowest BCUT2D eigenvalue weighted by molar-refractivity contribution is -0.0421. The molecule has 2 saturated carbocycles. The Hall–Kier alpha value is -1.52. The average molecular weight is 532 g/mol. The van der Waals surface area contributed by atoms with E-state index in [1.54, 1.807) is 6.92 Å². The molecular weight excluding hydrogens is 513 g/mol. The highest BCUT2D eigenvalue weighted by Gasteiger charge is 2.79. The van der Waals surface area contributed by atoms with E-state index in [1.165, 1.54) is 10.9 Å². The minimum Gasteiger partial charge on any atom is -0.388 e. The van der Waals surface area contributed by atoms with Crippen molar-refractivity contribution in [2.24, 2.45) is 11.8 Å². The molecule has 0 bridgehead atoms. The number of phosphoric acid groups is 3. The van der Waals surface area contributed by atoms with Crippen LogP contribution in [-0.4, -0.2) is 67.1 Å². The second-order valence-electron chi connectivity index (χ2n) is 7.62. The van der Waals surface area contributed by atoms with Crippen molar-refractivity contribution < 1.29 is 56.6 Å². The summed E-state index contributed by atoms with van der Waals surface area (Å²) in [7, 11) is -16.8. The third-order valence-electron chi connectivity index (χ3n) is 5.56. The van der Waals surface area contributed by atoms with Gasteiger partial charge in [0.1, 0.15) is 23.3 Å². The molecule has 18 nitrogen and oxygen atoms in total. The lowest BCUT2D eigenvalue weighted by Gasteiger charge is -2.28. The first-order valence-corrected chi connectivity index (χ1v) is 13.5. The lowest BCUT2D eigenvalue weighted by Crippen LogP contribution is -2.38. The van der Waals surface area contributed by atoms with Gasteiger partial charge < -0.3 is 45.8 Å². The van der Waals surface area contributed by atoms with Gasteiger partial charge >= 0.3 is 23.5 Å². The van der Waals surface area contributed by atoms with Crippen LogP contribution in [0.2, 0.25) is 0 Å². The number of fused-ring (bicyclic) bond motifs is 2. The Kier molecular flexibility index (Phi) is 5.58. The number of imidazole rings is 1. The number of aliphatic hydroxyl groups excluding tert-OH is 1. The van der Waals surface area contributed by atoms with Crippen LogP contribution < -0.4 is 11.5 Å². The van der Waals surface area contributed by atoms with E-state index < -0.39 is 59.2 Å². The zero-order valence-electron chi connectivity index (χ0n) is 16.4. The molecule has 0 amide bonds. The van der Waals surface area contributed by atoms with E-state index in [-0.39, 0.29) is 22.9 Å². The molecule has 184 valence electrons. The second kappa shape index (κ2) is 7.49. The predicted octanol–water partition coefficient (Wildman–Crippen LogP) is -1.38.